The number of rotatable bonds is 8. The molecule has 0 bridgehead atoms. The van der Waals surface area contributed by atoms with Gasteiger partial charge in [-0.15, -0.1) is 0 Å². The second-order valence-electron chi connectivity index (χ2n) is 8.70. The maximum absolute atomic E-state index is 15.9. The molecule has 196 valence electrons. The number of anilines is 1. The van der Waals surface area contributed by atoms with Gasteiger partial charge in [0, 0.05) is 38.8 Å². The van der Waals surface area contributed by atoms with Crippen molar-refractivity contribution < 1.29 is 37.3 Å². The van der Waals surface area contributed by atoms with E-state index in [1.54, 1.807) is 18.9 Å². The summed E-state index contributed by atoms with van der Waals surface area (Å²) in [5.41, 5.74) is -1.59. The Kier molecular flexibility index (Phi) is 7.74. The smallest absolute Gasteiger partial charge is 0.435 e. The molecule has 1 saturated carbocycles. The van der Waals surface area contributed by atoms with Crippen molar-refractivity contribution in [1.29, 1.82) is 0 Å². The Morgan fingerprint density at radius 1 is 1.28 bits per heavy atom. The first kappa shape index (κ1) is 25.8. The molecule has 1 N–H and O–H groups in total. The van der Waals surface area contributed by atoms with Gasteiger partial charge < -0.3 is 33.7 Å². The zero-order chi connectivity index (χ0) is 26.0. The van der Waals surface area contributed by atoms with Crippen LogP contribution >= 0.6 is 0 Å². The van der Waals surface area contributed by atoms with Crippen LogP contribution in [0.2, 0.25) is 0 Å². The number of carbonyl (C=O) groups excluding carboxylic acids is 2. The highest BCUT2D eigenvalue weighted by Gasteiger charge is 2.33. The molecule has 1 aromatic carbocycles. The zero-order valence-corrected chi connectivity index (χ0v) is 20.3. The molecule has 2 atom stereocenters. The third-order valence-electron chi connectivity index (χ3n) is 6.03. The summed E-state index contributed by atoms with van der Waals surface area (Å²) in [5.74, 6) is -2.85. The summed E-state index contributed by atoms with van der Waals surface area (Å²) in [7, 11) is 1.76. The number of morpholine rings is 1. The van der Waals surface area contributed by atoms with E-state index in [0.717, 1.165) is 6.07 Å². The topological polar surface area (TPSA) is 108 Å². The molecule has 0 amide bonds. The average Bonchev–Trinajstić information content (AvgIpc) is 3.65. The fourth-order valence-electron chi connectivity index (χ4n) is 4.31. The van der Waals surface area contributed by atoms with Gasteiger partial charge in [0.05, 0.1) is 30.2 Å². The molecule has 2 fully saturated rings. The molecule has 1 aromatic heterocycles. The lowest BCUT2D eigenvalue weighted by Crippen LogP contribution is -2.47. The summed E-state index contributed by atoms with van der Waals surface area (Å²) in [4.78, 5) is 39.0. The fourth-order valence-corrected chi connectivity index (χ4v) is 4.31. The molecule has 2 heterocycles. The number of esters is 1. The van der Waals surface area contributed by atoms with E-state index in [4.69, 9.17) is 14.2 Å². The third-order valence-corrected chi connectivity index (χ3v) is 6.03. The van der Waals surface area contributed by atoms with E-state index in [-0.39, 0.29) is 48.4 Å². The van der Waals surface area contributed by atoms with E-state index in [2.05, 4.69) is 10.1 Å². The van der Waals surface area contributed by atoms with Crippen LogP contribution in [0.3, 0.4) is 0 Å². The molecule has 4 rings (SSSR count). The Morgan fingerprint density at radius 2 is 2.03 bits per heavy atom. The summed E-state index contributed by atoms with van der Waals surface area (Å²) in [5, 5.41) is 2.72. The van der Waals surface area contributed by atoms with Gasteiger partial charge in [0.15, 0.2) is 5.82 Å². The van der Waals surface area contributed by atoms with Crippen LogP contribution in [0.15, 0.2) is 17.1 Å². The van der Waals surface area contributed by atoms with E-state index in [0.29, 0.717) is 26.0 Å². The average molecular weight is 510 g/mol. The molecule has 10 nitrogen and oxygen atoms in total. The van der Waals surface area contributed by atoms with Gasteiger partial charge in [-0.05, 0) is 32.9 Å². The quantitative estimate of drug-likeness (QED) is 0.424. The lowest BCUT2D eigenvalue weighted by molar-refractivity contribution is -0.0812. The highest BCUT2D eigenvalue weighted by molar-refractivity contribution is 5.95. The summed E-state index contributed by atoms with van der Waals surface area (Å²) in [6.07, 6.45) is 0.0216. The van der Waals surface area contributed by atoms with E-state index < -0.39 is 41.0 Å². The molecule has 1 aliphatic carbocycles. The number of hydrogen-bond donors (Lipinski definition) is 1. The van der Waals surface area contributed by atoms with Gasteiger partial charge in [-0.25, -0.2) is 18.4 Å². The van der Waals surface area contributed by atoms with E-state index in [9.17, 15) is 14.4 Å². The predicted molar refractivity (Wildman–Crippen MR) is 125 cm³/mol. The third kappa shape index (κ3) is 5.29. The molecule has 1 saturated heterocycles. The summed E-state index contributed by atoms with van der Waals surface area (Å²) < 4.78 is 52.8. The number of aromatic nitrogens is 1. The van der Waals surface area contributed by atoms with Gasteiger partial charge in [0.1, 0.15) is 17.1 Å². The number of halogens is 2. The predicted octanol–water partition coefficient (Wildman–Crippen LogP) is 2.72. The van der Waals surface area contributed by atoms with Crippen molar-refractivity contribution in [3.05, 3.63) is 39.7 Å². The molecule has 0 spiro atoms. The Hall–Kier alpha value is -3.25. The summed E-state index contributed by atoms with van der Waals surface area (Å²) in [6.45, 7) is 4.31. The lowest BCUT2D eigenvalue weighted by Gasteiger charge is -2.35. The van der Waals surface area contributed by atoms with Crippen molar-refractivity contribution in [2.45, 2.75) is 45.1 Å². The van der Waals surface area contributed by atoms with Gasteiger partial charge in [0.25, 0.3) is 0 Å². The van der Waals surface area contributed by atoms with E-state index in [1.807, 2.05) is 0 Å². The molecule has 1 aliphatic heterocycles. The molecule has 0 radical (unpaired) electrons. The van der Waals surface area contributed by atoms with Crippen LogP contribution in [-0.2, 0) is 18.9 Å². The van der Waals surface area contributed by atoms with Gasteiger partial charge in [-0.3, -0.25) is 4.79 Å². The normalized spacial score (nSPS) is 18.7. The zero-order valence-electron chi connectivity index (χ0n) is 20.3. The van der Waals surface area contributed by atoms with Crippen molar-refractivity contribution in [3.8, 4) is 0 Å². The number of hydrogen-bond acceptors (Lipinski definition) is 9. The molecule has 2 unspecified atom stereocenters. The highest BCUT2D eigenvalue weighted by atomic mass is 19.1. The molecule has 12 heteroatoms. The monoisotopic (exact) mass is 509 g/mol. The molecule has 2 aromatic rings. The number of ether oxygens (including phenoxy) is 4. The van der Waals surface area contributed by atoms with Crippen molar-refractivity contribution in [1.82, 2.24) is 9.88 Å². The first-order chi connectivity index (χ1) is 17.2. The maximum Gasteiger partial charge on any atom is 0.511 e. The van der Waals surface area contributed by atoms with Crippen LogP contribution in [0.25, 0.3) is 10.9 Å². The second kappa shape index (κ2) is 10.8. The van der Waals surface area contributed by atoms with Crippen LogP contribution in [0, 0.1) is 11.6 Å². The minimum Gasteiger partial charge on any atom is -0.435 e. The maximum atomic E-state index is 15.9. The van der Waals surface area contributed by atoms with Crippen molar-refractivity contribution in [3.63, 3.8) is 0 Å². The Labute approximate surface area is 206 Å². The molecule has 36 heavy (non-hydrogen) atoms. The number of likely N-dealkylation sites (N-methyl/N-ethyl adjacent to an activating group) is 1. The SMILES string of the molecule is CCOC(=O)OC(C)OC(=O)c1cn(C2CC2)c2c(F)c(N3CCOC(CNC)C3)c(F)cc2c1=O. The van der Waals surface area contributed by atoms with Crippen LogP contribution in [-0.4, -0.2) is 69.0 Å². The first-order valence-electron chi connectivity index (χ1n) is 11.9. The summed E-state index contributed by atoms with van der Waals surface area (Å²) >= 11 is 0. The minimum atomic E-state index is -1.34. The van der Waals surface area contributed by atoms with Crippen molar-refractivity contribution in [2.75, 3.05) is 44.8 Å². The van der Waals surface area contributed by atoms with Crippen LogP contribution in [0.4, 0.5) is 19.3 Å². The fraction of sp³-hybridized carbons (Fsp3) is 0.542. The first-order valence-corrected chi connectivity index (χ1v) is 11.9. The Bertz CT molecular complexity index is 1210. The highest BCUT2D eigenvalue weighted by Crippen LogP contribution is 2.40. The summed E-state index contributed by atoms with van der Waals surface area (Å²) in [6, 6.07) is 0.815. The minimum absolute atomic E-state index is 0.0655. The number of fused-ring (bicyclic) bond motifs is 1. The molecule has 2 aliphatic rings. The Morgan fingerprint density at radius 3 is 2.69 bits per heavy atom. The van der Waals surface area contributed by atoms with Gasteiger partial charge in [-0.2, -0.15) is 0 Å². The van der Waals surface area contributed by atoms with E-state index in [1.165, 1.54) is 17.7 Å². The van der Waals surface area contributed by atoms with Crippen LogP contribution in [0.5, 0.6) is 0 Å². The largest absolute Gasteiger partial charge is 0.511 e. The standard InChI is InChI=1S/C24H29F2N3O7/c1-4-33-24(32)36-13(2)35-23(31)17-12-29(14-5-6-14)20-16(22(17)30)9-18(25)21(19(20)26)28-7-8-34-15(11-28)10-27-3/h9,12-15,27H,4-8,10-11H2,1-3H3. The van der Waals surface area contributed by atoms with Gasteiger partial charge >= 0.3 is 12.1 Å². The number of pyridine rings is 1. The Balaban J connectivity index is 1.72. The van der Waals surface area contributed by atoms with Crippen molar-refractivity contribution in [2.24, 2.45) is 0 Å². The van der Waals surface area contributed by atoms with Gasteiger partial charge in [-0.1, -0.05) is 0 Å². The van der Waals surface area contributed by atoms with Crippen molar-refractivity contribution >= 4 is 28.7 Å². The number of nitrogens with one attached hydrogen (secondary N) is 1. The lowest BCUT2D eigenvalue weighted by atomic mass is 10.1. The van der Waals surface area contributed by atoms with Crippen LogP contribution in [0.1, 0.15) is 43.1 Å². The number of benzene rings is 1. The number of nitrogens with zero attached hydrogens (tertiary/aromatic N) is 2. The van der Waals surface area contributed by atoms with Crippen LogP contribution < -0.4 is 15.6 Å². The second-order valence-corrected chi connectivity index (χ2v) is 8.70. The molecular weight excluding hydrogens is 480 g/mol. The molecular formula is C24H29F2N3O7. The van der Waals surface area contributed by atoms with E-state index >= 15 is 8.78 Å². The van der Waals surface area contributed by atoms with Gasteiger partial charge in [0.2, 0.25) is 11.7 Å². The number of carbonyl (C=O) groups is 2.